The van der Waals surface area contributed by atoms with E-state index in [4.69, 9.17) is 0 Å². The first-order chi connectivity index (χ1) is 9.99. The molecule has 0 unspecified atom stereocenters. The second kappa shape index (κ2) is 6.94. The van der Waals surface area contributed by atoms with Crippen LogP contribution in [-0.2, 0) is 11.3 Å². The Morgan fingerprint density at radius 3 is 2.38 bits per heavy atom. The number of carbonyl (C=O) groups excluding carboxylic acids is 1. The van der Waals surface area contributed by atoms with Gasteiger partial charge in [-0.1, -0.05) is 18.2 Å². The molecule has 0 saturated carbocycles. The van der Waals surface area contributed by atoms with E-state index >= 15 is 0 Å². The van der Waals surface area contributed by atoms with Gasteiger partial charge in [0.05, 0.1) is 0 Å². The number of amides is 1. The molecule has 0 aliphatic carbocycles. The third-order valence-corrected chi connectivity index (χ3v) is 4.20. The van der Waals surface area contributed by atoms with Gasteiger partial charge in [-0.2, -0.15) is 0 Å². The summed E-state index contributed by atoms with van der Waals surface area (Å²) in [5.41, 5.74) is 2.52. The summed E-state index contributed by atoms with van der Waals surface area (Å²) in [6, 6.07) is 8.70. The Labute approximate surface area is 128 Å². The van der Waals surface area contributed by atoms with Crippen LogP contribution < -0.4 is 4.90 Å². The minimum Gasteiger partial charge on any atom is -0.369 e. The van der Waals surface area contributed by atoms with E-state index < -0.39 is 0 Å². The van der Waals surface area contributed by atoms with Crippen molar-refractivity contribution >= 4 is 11.6 Å². The van der Waals surface area contributed by atoms with Gasteiger partial charge in [0.1, 0.15) is 0 Å². The fourth-order valence-electron chi connectivity index (χ4n) is 2.84. The van der Waals surface area contributed by atoms with Crippen molar-refractivity contribution in [2.75, 3.05) is 38.1 Å². The molecule has 0 spiro atoms. The van der Waals surface area contributed by atoms with Crippen molar-refractivity contribution in [1.29, 1.82) is 0 Å². The molecule has 116 valence electrons. The van der Waals surface area contributed by atoms with Crippen LogP contribution in [0.5, 0.6) is 0 Å². The Morgan fingerprint density at radius 2 is 1.81 bits per heavy atom. The summed E-state index contributed by atoms with van der Waals surface area (Å²) in [5.74, 6) is 0.137. The molecule has 0 radical (unpaired) electrons. The quantitative estimate of drug-likeness (QED) is 0.850. The molecule has 0 atom stereocenters. The number of piperazine rings is 1. The molecule has 0 N–H and O–H groups in total. The van der Waals surface area contributed by atoms with Crippen LogP contribution in [0.3, 0.4) is 0 Å². The smallest absolute Gasteiger partial charge is 0.219 e. The molecule has 1 heterocycles. The lowest BCUT2D eigenvalue weighted by Gasteiger charge is -2.36. The zero-order valence-corrected chi connectivity index (χ0v) is 13.7. The van der Waals surface area contributed by atoms with Gasteiger partial charge >= 0.3 is 0 Å². The van der Waals surface area contributed by atoms with Crippen molar-refractivity contribution in [3.05, 3.63) is 29.8 Å². The molecule has 1 aliphatic heterocycles. The van der Waals surface area contributed by atoms with Gasteiger partial charge in [-0.3, -0.25) is 4.79 Å². The molecule has 4 heteroatoms. The predicted octanol–water partition coefficient (Wildman–Crippen LogP) is 2.20. The van der Waals surface area contributed by atoms with E-state index in [1.807, 2.05) is 4.90 Å². The highest BCUT2D eigenvalue weighted by atomic mass is 16.2. The molecule has 1 aromatic carbocycles. The van der Waals surface area contributed by atoms with E-state index in [0.29, 0.717) is 6.54 Å². The number of likely N-dealkylation sites (N-methyl/N-ethyl adjacent to an activating group) is 1. The van der Waals surface area contributed by atoms with E-state index in [2.05, 4.69) is 55.0 Å². The lowest BCUT2D eigenvalue weighted by Crippen LogP contribution is -2.45. The first kappa shape index (κ1) is 15.8. The monoisotopic (exact) mass is 289 g/mol. The van der Waals surface area contributed by atoms with Gasteiger partial charge in [0.15, 0.2) is 0 Å². The standard InChI is InChI=1S/C17H27N3O/c1-14(2)20(15(3)21)13-16-7-5-6-8-17(16)19-11-9-18(4)10-12-19/h5-8,14H,9-13H2,1-4H3. The number of para-hydroxylation sites is 1. The average Bonchev–Trinajstić information content (AvgIpc) is 2.45. The molecule has 1 fully saturated rings. The third-order valence-electron chi connectivity index (χ3n) is 4.20. The highest BCUT2D eigenvalue weighted by molar-refractivity contribution is 5.74. The number of hydrogen-bond acceptors (Lipinski definition) is 3. The van der Waals surface area contributed by atoms with Crippen LogP contribution in [0, 0.1) is 0 Å². The summed E-state index contributed by atoms with van der Waals surface area (Å²) in [7, 11) is 2.17. The maximum atomic E-state index is 11.8. The second-order valence-corrected chi connectivity index (χ2v) is 6.16. The van der Waals surface area contributed by atoms with Crippen LogP contribution in [-0.4, -0.2) is 55.0 Å². The van der Waals surface area contributed by atoms with Crippen molar-refractivity contribution in [1.82, 2.24) is 9.80 Å². The topological polar surface area (TPSA) is 26.8 Å². The molecule has 0 aromatic heterocycles. The number of carbonyl (C=O) groups is 1. The van der Waals surface area contributed by atoms with Gasteiger partial charge in [-0.25, -0.2) is 0 Å². The molecule has 1 aliphatic rings. The highest BCUT2D eigenvalue weighted by Crippen LogP contribution is 2.23. The van der Waals surface area contributed by atoms with Crippen molar-refractivity contribution in [3.8, 4) is 0 Å². The molecule has 1 amide bonds. The average molecular weight is 289 g/mol. The lowest BCUT2D eigenvalue weighted by atomic mass is 10.1. The van der Waals surface area contributed by atoms with E-state index in [1.54, 1.807) is 6.92 Å². The van der Waals surface area contributed by atoms with Gasteiger partial charge in [-0.15, -0.1) is 0 Å². The SMILES string of the molecule is CC(=O)N(Cc1ccccc1N1CCN(C)CC1)C(C)C. The first-order valence-corrected chi connectivity index (χ1v) is 7.77. The molecular formula is C17H27N3O. The second-order valence-electron chi connectivity index (χ2n) is 6.16. The van der Waals surface area contributed by atoms with Crippen molar-refractivity contribution in [2.24, 2.45) is 0 Å². The highest BCUT2D eigenvalue weighted by Gasteiger charge is 2.19. The fraction of sp³-hybridized carbons (Fsp3) is 0.588. The van der Waals surface area contributed by atoms with Gasteiger partial charge in [0.2, 0.25) is 5.91 Å². The molecule has 1 saturated heterocycles. The zero-order valence-electron chi connectivity index (χ0n) is 13.7. The fourth-order valence-corrected chi connectivity index (χ4v) is 2.84. The van der Waals surface area contributed by atoms with Gasteiger partial charge in [0, 0.05) is 51.4 Å². The van der Waals surface area contributed by atoms with E-state index in [-0.39, 0.29) is 11.9 Å². The minimum absolute atomic E-state index is 0.137. The van der Waals surface area contributed by atoms with Crippen LogP contribution in [0.25, 0.3) is 0 Å². The maximum absolute atomic E-state index is 11.8. The van der Waals surface area contributed by atoms with E-state index in [0.717, 1.165) is 26.2 Å². The molecule has 1 aromatic rings. The Morgan fingerprint density at radius 1 is 1.19 bits per heavy atom. The number of anilines is 1. The van der Waals surface area contributed by atoms with Crippen LogP contribution in [0.15, 0.2) is 24.3 Å². The Balaban J connectivity index is 2.18. The third kappa shape index (κ3) is 3.97. The molecular weight excluding hydrogens is 262 g/mol. The number of rotatable bonds is 4. The normalized spacial score (nSPS) is 16.3. The van der Waals surface area contributed by atoms with Gasteiger partial charge in [0.25, 0.3) is 0 Å². The molecule has 4 nitrogen and oxygen atoms in total. The van der Waals surface area contributed by atoms with Crippen molar-refractivity contribution < 1.29 is 4.79 Å². The van der Waals surface area contributed by atoms with Gasteiger partial charge in [-0.05, 0) is 32.5 Å². The number of nitrogens with zero attached hydrogens (tertiary/aromatic N) is 3. The van der Waals surface area contributed by atoms with Crippen LogP contribution in [0.1, 0.15) is 26.3 Å². The first-order valence-electron chi connectivity index (χ1n) is 7.77. The van der Waals surface area contributed by atoms with Crippen LogP contribution >= 0.6 is 0 Å². The van der Waals surface area contributed by atoms with E-state index in [1.165, 1.54) is 11.3 Å². The summed E-state index contributed by atoms with van der Waals surface area (Å²) < 4.78 is 0. The summed E-state index contributed by atoms with van der Waals surface area (Å²) in [4.78, 5) is 18.5. The Hall–Kier alpha value is -1.55. The largest absolute Gasteiger partial charge is 0.369 e. The minimum atomic E-state index is 0.137. The summed E-state index contributed by atoms with van der Waals surface area (Å²) >= 11 is 0. The molecule has 21 heavy (non-hydrogen) atoms. The summed E-state index contributed by atoms with van der Waals surface area (Å²) in [5, 5.41) is 0. The summed E-state index contributed by atoms with van der Waals surface area (Å²) in [6.07, 6.45) is 0. The number of hydrogen-bond donors (Lipinski definition) is 0. The van der Waals surface area contributed by atoms with Crippen LogP contribution in [0.2, 0.25) is 0 Å². The summed E-state index contributed by atoms with van der Waals surface area (Å²) in [6.45, 7) is 10.8. The van der Waals surface area contributed by atoms with Crippen molar-refractivity contribution in [3.63, 3.8) is 0 Å². The van der Waals surface area contributed by atoms with Crippen molar-refractivity contribution in [2.45, 2.75) is 33.4 Å². The lowest BCUT2D eigenvalue weighted by molar-refractivity contribution is -0.131. The Bertz CT molecular complexity index is 479. The van der Waals surface area contributed by atoms with Gasteiger partial charge < -0.3 is 14.7 Å². The Kier molecular flexibility index (Phi) is 5.23. The zero-order chi connectivity index (χ0) is 15.4. The van der Waals surface area contributed by atoms with E-state index in [9.17, 15) is 4.79 Å². The van der Waals surface area contributed by atoms with Crippen LogP contribution in [0.4, 0.5) is 5.69 Å². The number of benzene rings is 1. The molecule has 2 rings (SSSR count). The predicted molar refractivity (Wildman–Crippen MR) is 87.5 cm³/mol. The maximum Gasteiger partial charge on any atom is 0.219 e. The molecule has 0 bridgehead atoms.